The van der Waals surface area contributed by atoms with Gasteiger partial charge in [0.1, 0.15) is 11.1 Å². The number of rotatable bonds is 4. The van der Waals surface area contributed by atoms with Crippen LogP contribution in [0, 0.1) is 22.7 Å². The minimum atomic E-state index is 0.254. The summed E-state index contributed by atoms with van der Waals surface area (Å²) in [7, 11) is 0. The van der Waals surface area contributed by atoms with Gasteiger partial charge in [-0.05, 0) is 59.7 Å². The quantitative estimate of drug-likeness (QED) is 0.452. The van der Waals surface area contributed by atoms with E-state index < -0.39 is 0 Å². The number of fused-ring (bicyclic) bond motifs is 1. The Hall–Kier alpha value is -2.16. The Labute approximate surface area is 181 Å². The minimum Gasteiger partial charge on any atom is -0.260 e. The van der Waals surface area contributed by atoms with E-state index in [1.165, 1.54) is 16.1 Å². The second-order valence-electron chi connectivity index (χ2n) is 8.60. The fourth-order valence-corrected chi connectivity index (χ4v) is 5.73. The van der Waals surface area contributed by atoms with E-state index in [4.69, 9.17) is 4.98 Å². The van der Waals surface area contributed by atoms with Gasteiger partial charge in [0.25, 0.3) is 0 Å². The number of nitriles is 1. The van der Waals surface area contributed by atoms with Gasteiger partial charge in [0.15, 0.2) is 0 Å². The topological polar surface area (TPSA) is 49.6 Å². The molecule has 0 unspecified atom stereocenters. The van der Waals surface area contributed by atoms with Crippen LogP contribution in [0.2, 0.25) is 0 Å². The molecule has 0 fully saturated rings. The van der Waals surface area contributed by atoms with Crippen molar-refractivity contribution in [1.29, 1.82) is 5.26 Å². The van der Waals surface area contributed by atoms with Crippen molar-refractivity contribution in [3.05, 3.63) is 64.4 Å². The van der Waals surface area contributed by atoms with Crippen molar-refractivity contribution < 1.29 is 0 Å². The molecule has 148 valence electrons. The van der Waals surface area contributed by atoms with Gasteiger partial charge >= 0.3 is 0 Å². The van der Waals surface area contributed by atoms with Crippen LogP contribution in [0.15, 0.2) is 46.9 Å². The number of hydrogen-bond acceptors (Lipinski definition) is 5. The Morgan fingerprint density at radius 3 is 2.76 bits per heavy atom. The van der Waals surface area contributed by atoms with Crippen LogP contribution in [0.4, 0.5) is 0 Å². The highest BCUT2D eigenvalue weighted by Gasteiger charge is 2.33. The van der Waals surface area contributed by atoms with E-state index >= 15 is 0 Å². The van der Waals surface area contributed by atoms with Gasteiger partial charge < -0.3 is 0 Å². The molecular weight excluding hydrogens is 394 g/mol. The second kappa shape index (κ2) is 8.30. The molecule has 3 heterocycles. The van der Waals surface area contributed by atoms with Crippen molar-refractivity contribution in [3.63, 3.8) is 0 Å². The van der Waals surface area contributed by atoms with Gasteiger partial charge in [0, 0.05) is 28.1 Å². The Kier molecular flexibility index (Phi) is 5.76. The van der Waals surface area contributed by atoms with Crippen molar-refractivity contribution in [2.24, 2.45) is 11.3 Å². The summed E-state index contributed by atoms with van der Waals surface area (Å²) in [6, 6.07) is 12.6. The van der Waals surface area contributed by atoms with Crippen molar-refractivity contribution >= 4 is 23.1 Å². The van der Waals surface area contributed by atoms with Crippen LogP contribution < -0.4 is 0 Å². The van der Waals surface area contributed by atoms with Crippen LogP contribution in [-0.4, -0.2) is 9.97 Å². The molecule has 3 aromatic rings. The number of aromatic nitrogens is 2. The first-order valence-electron chi connectivity index (χ1n) is 10.00. The average molecular weight is 420 g/mol. The molecule has 4 rings (SSSR count). The molecule has 3 nitrogen and oxygen atoms in total. The first-order chi connectivity index (χ1) is 14.0. The number of aryl methyl sites for hydroxylation is 1. The van der Waals surface area contributed by atoms with Gasteiger partial charge in [-0.2, -0.15) is 5.26 Å². The zero-order valence-corrected chi connectivity index (χ0v) is 18.7. The maximum absolute atomic E-state index is 10.1. The van der Waals surface area contributed by atoms with Gasteiger partial charge in [-0.1, -0.05) is 44.7 Å². The summed E-state index contributed by atoms with van der Waals surface area (Å²) >= 11 is 3.33. The molecule has 0 N–H and O–H groups in total. The molecule has 3 aromatic heterocycles. The summed E-state index contributed by atoms with van der Waals surface area (Å²) in [5.41, 5.74) is 5.57. The summed E-state index contributed by atoms with van der Waals surface area (Å²) in [4.78, 5) is 10.6. The standard InChI is InChI=1S/C24H25N3S2/c1-24(2,3)16-9-10-20-18(13-16)22(21-8-6-12-28-21)19(14-25)23(27-20)29-15-17-7-4-5-11-26-17/h4-8,11-12,16H,9-10,13,15H2,1-3H3/t16-/m1/s1. The highest BCUT2D eigenvalue weighted by Crippen LogP contribution is 2.44. The molecule has 0 aromatic carbocycles. The van der Waals surface area contributed by atoms with Crippen molar-refractivity contribution in [3.8, 4) is 16.5 Å². The lowest BCUT2D eigenvalue weighted by molar-refractivity contribution is 0.215. The number of nitrogens with zero attached hydrogens (tertiary/aromatic N) is 3. The van der Waals surface area contributed by atoms with E-state index in [2.05, 4.69) is 49.3 Å². The predicted octanol–water partition coefficient (Wildman–Crippen LogP) is 6.52. The number of thioether (sulfide) groups is 1. The van der Waals surface area contributed by atoms with Gasteiger partial charge in [0.2, 0.25) is 0 Å². The molecule has 0 saturated carbocycles. The molecule has 0 spiro atoms. The third-order valence-corrected chi connectivity index (χ3v) is 7.61. The normalized spacial score (nSPS) is 16.3. The first kappa shape index (κ1) is 20.1. The second-order valence-corrected chi connectivity index (χ2v) is 10.5. The Bertz CT molecular complexity index is 1030. The van der Waals surface area contributed by atoms with Crippen molar-refractivity contribution in [1.82, 2.24) is 9.97 Å². The van der Waals surface area contributed by atoms with E-state index in [0.29, 0.717) is 5.92 Å². The summed E-state index contributed by atoms with van der Waals surface area (Å²) < 4.78 is 0. The fraction of sp³-hybridized carbons (Fsp3) is 0.375. The van der Waals surface area contributed by atoms with Crippen LogP contribution in [0.5, 0.6) is 0 Å². The van der Waals surface area contributed by atoms with Crippen LogP contribution in [-0.2, 0) is 18.6 Å². The monoisotopic (exact) mass is 419 g/mol. The number of thiophene rings is 1. The maximum atomic E-state index is 10.1. The van der Waals surface area contributed by atoms with Gasteiger partial charge in [0.05, 0.1) is 11.3 Å². The lowest BCUT2D eigenvalue weighted by Crippen LogP contribution is -2.28. The lowest BCUT2D eigenvalue weighted by Gasteiger charge is -2.35. The Morgan fingerprint density at radius 1 is 1.24 bits per heavy atom. The fourth-order valence-electron chi connectivity index (χ4n) is 4.00. The highest BCUT2D eigenvalue weighted by atomic mass is 32.2. The minimum absolute atomic E-state index is 0.254. The van der Waals surface area contributed by atoms with Gasteiger partial charge in [-0.15, -0.1) is 11.3 Å². The first-order valence-corrected chi connectivity index (χ1v) is 11.9. The summed E-state index contributed by atoms with van der Waals surface area (Å²) in [6.07, 6.45) is 4.95. The Morgan fingerprint density at radius 2 is 2.10 bits per heavy atom. The number of hydrogen-bond donors (Lipinski definition) is 0. The van der Waals surface area contributed by atoms with E-state index in [-0.39, 0.29) is 5.41 Å². The van der Waals surface area contributed by atoms with Crippen molar-refractivity contribution in [2.45, 2.75) is 50.8 Å². The van der Waals surface area contributed by atoms with E-state index in [1.54, 1.807) is 23.1 Å². The molecule has 29 heavy (non-hydrogen) atoms. The molecule has 1 aliphatic rings. The zero-order chi connectivity index (χ0) is 20.4. The smallest absolute Gasteiger partial charge is 0.115 e. The third kappa shape index (κ3) is 4.24. The predicted molar refractivity (Wildman–Crippen MR) is 121 cm³/mol. The summed E-state index contributed by atoms with van der Waals surface area (Å²) in [5.74, 6) is 1.32. The molecule has 0 amide bonds. The number of pyridine rings is 2. The van der Waals surface area contributed by atoms with Crippen LogP contribution >= 0.6 is 23.1 Å². The van der Waals surface area contributed by atoms with Crippen LogP contribution in [0.25, 0.3) is 10.4 Å². The largest absolute Gasteiger partial charge is 0.260 e. The third-order valence-electron chi connectivity index (χ3n) is 5.72. The van der Waals surface area contributed by atoms with Crippen LogP contribution in [0.3, 0.4) is 0 Å². The maximum Gasteiger partial charge on any atom is 0.115 e. The van der Waals surface area contributed by atoms with Gasteiger partial charge in [-0.3, -0.25) is 4.98 Å². The lowest BCUT2D eigenvalue weighted by atomic mass is 9.70. The molecule has 0 saturated heterocycles. The van der Waals surface area contributed by atoms with Crippen molar-refractivity contribution in [2.75, 3.05) is 0 Å². The van der Waals surface area contributed by atoms with Gasteiger partial charge in [-0.25, -0.2) is 4.98 Å². The molecule has 0 bridgehead atoms. The summed E-state index contributed by atoms with van der Waals surface area (Å²) in [6.45, 7) is 6.97. The molecular formula is C24H25N3S2. The Balaban J connectivity index is 1.79. The SMILES string of the molecule is CC(C)(C)[C@@H]1CCc2nc(SCc3ccccn3)c(C#N)c(-c3cccs3)c2C1. The molecule has 1 atom stereocenters. The molecule has 0 radical (unpaired) electrons. The molecule has 0 aliphatic heterocycles. The van der Waals surface area contributed by atoms with E-state index in [9.17, 15) is 5.26 Å². The average Bonchev–Trinajstić information content (AvgIpc) is 3.25. The summed E-state index contributed by atoms with van der Waals surface area (Å²) in [5, 5.41) is 13.0. The van der Waals surface area contributed by atoms with E-state index in [1.807, 2.05) is 24.4 Å². The van der Waals surface area contributed by atoms with Crippen LogP contribution in [0.1, 0.15) is 49.7 Å². The molecule has 5 heteroatoms. The highest BCUT2D eigenvalue weighted by molar-refractivity contribution is 7.98. The molecule has 1 aliphatic carbocycles. The zero-order valence-electron chi connectivity index (χ0n) is 17.1. The van der Waals surface area contributed by atoms with E-state index in [0.717, 1.165) is 46.9 Å².